The Labute approximate surface area is 124 Å². The highest BCUT2D eigenvalue weighted by Gasteiger charge is 2.21. The molecular formula is C15H21N3O3. The fraction of sp³-hybridized carbons (Fsp3) is 0.467. The summed E-state index contributed by atoms with van der Waals surface area (Å²) in [6, 6.07) is 9.34. The Morgan fingerprint density at radius 2 is 2.05 bits per heavy atom. The number of nitrogens with one attached hydrogen (secondary N) is 1. The van der Waals surface area contributed by atoms with Crippen LogP contribution in [0.15, 0.2) is 30.3 Å². The second kappa shape index (κ2) is 7.87. The van der Waals surface area contributed by atoms with Crippen molar-refractivity contribution in [3.63, 3.8) is 0 Å². The minimum atomic E-state index is -0.284. The maximum absolute atomic E-state index is 11.9. The van der Waals surface area contributed by atoms with Gasteiger partial charge in [-0.05, 0) is 5.56 Å². The van der Waals surface area contributed by atoms with E-state index < -0.39 is 0 Å². The Bertz CT molecular complexity index is 478. The van der Waals surface area contributed by atoms with Gasteiger partial charge in [-0.15, -0.1) is 0 Å². The van der Waals surface area contributed by atoms with Crippen molar-refractivity contribution in [2.45, 2.75) is 12.5 Å². The average molecular weight is 291 g/mol. The van der Waals surface area contributed by atoms with Crippen LogP contribution in [0.2, 0.25) is 0 Å². The van der Waals surface area contributed by atoms with Gasteiger partial charge in [0.2, 0.25) is 11.8 Å². The number of carbonyl (C=O) groups is 2. The summed E-state index contributed by atoms with van der Waals surface area (Å²) >= 11 is 0. The number of rotatable bonds is 5. The Balaban J connectivity index is 1.75. The maximum atomic E-state index is 11.9. The summed E-state index contributed by atoms with van der Waals surface area (Å²) < 4.78 is 5.43. The van der Waals surface area contributed by atoms with Gasteiger partial charge in [0, 0.05) is 19.6 Å². The molecule has 1 unspecified atom stereocenters. The lowest BCUT2D eigenvalue weighted by Gasteiger charge is -2.31. The minimum Gasteiger partial charge on any atom is -0.374 e. The van der Waals surface area contributed by atoms with E-state index >= 15 is 0 Å². The van der Waals surface area contributed by atoms with Crippen LogP contribution in [0.3, 0.4) is 0 Å². The summed E-state index contributed by atoms with van der Waals surface area (Å²) in [6.45, 7) is 2.49. The quantitative estimate of drug-likeness (QED) is 0.766. The van der Waals surface area contributed by atoms with Gasteiger partial charge < -0.3 is 10.5 Å². The van der Waals surface area contributed by atoms with E-state index in [1.165, 1.54) is 0 Å². The highest BCUT2D eigenvalue weighted by atomic mass is 16.5. The molecule has 1 aliphatic heterocycles. The molecule has 0 aliphatic carbocycles. The first-order chi connectivity index (χ1) is 10.2. The molecule has 6 heteroatoms. The van der Waals surface area contributed by atoms with Crippen molar-refractivity contribution in [3.05, 3.63) is 35.9 Å². The molecule has 1 aromatic carbocycles. The second-order valence-corrected chi connectivity index (χ2v) is 5.10. The molecule has 0 saturated carbocycles. The van der Waals surface area contributed by atoms with E-state index in [1.54, 1.807) is 0 Å². The largest absolute Gasteiger partial charge is 0.374 e. The van der Waals surface area contributed by atoms with Crippen molar-refractivity contribution in [2.24, 2.45) is 5.73 Å². The Kier molecular flexibility index (Phi) is 5.86. The van der Waals surface area contributed by atoms with Crippen molar-refractivity contribution < 1.29 is 14.3 Å². The van der Waals surface area contributed by atoms with Gasteiger partial charge in [-0.25, -0.2) is 0 Å². The lowest BCUT2D eigenvalue weighted by atomic mass is 10.1. The molecule has 0 bridgehead atoms. The third-order valence-electron chi connectivity index (χ3n) is 3.34. The summed E-state index contributed by atoms with van der Waals surface area (Å²) in [5, 5.41) is 2.42. The molecule has 6 nitrogen and oxygen atoms in total. The van der Waals surface area contributed by atoms with E-state index in [0.717, 1.165) is 5.56 Å². The molecule has 0 radical (unpaired) electrons. The number of hydrogen-bond acceptors (Lipinski definition) is 5. The first-order valence-corrected chi connectivity index (χ1v) is 7.08. The molecule has 1 aromatic rings. The zero-order valence-electron chi connectivity index (χ0n) is 12.0. The maximum Gasteiger partial charge on any atom is 0.240 e. The smallest absolute Gasteiger partial charge is 0.240 e. The first kappa shape index (κ1) is 15.6. The van der Waals surface area contributed by atoms with E-state index in [-0.39, 0.29) is 30.9 Å². The van der Waals surface area contributed by atoms with Gasteiger partial charge in [0.15, 0.2) is 0 Å². The number of morpholine rings is 1. The van der Waals surface area contributed by atoms with Crippen molar-refractivity contribution in [3.8, 4) is 0 Å². The summed E-state index contributed by atoms with van der Waals surface area (Å²) in [6.07, 6.45) is 0.174. The van der Waals surface area contributed by atoms with Gasteiger partial charge in [-0.2, -0.15) is 0 Å². The zero-order chi connectivity index (χ0) is 15.1. The molecule has 2 amide bonds. The van der Waals surface area contributed by atoms with E-state index in [1.807, 2.05) is 35.2 Å². The number of hydrogen-bond donors (Lipinski definition) is 2. The van der Waals surface area contributed by atoms with Crippen LogP contribution in [0.5, 0.6) is 0 Å². The lowest BCUT2D eigenvalue weighted by Crippen LogP contribution is -2.49. The molecule has 1 heterocycles. The number of amides is 2. The van der Waals surface area contributed by atoms with Crippen LogP contribution in [0.1, 0.15) is 5.56 Å². The summed E-state index contributed by atoms with van der Waals surface area (Å²) in [5.74, 6) is -0.566. The van der Waals surface area contributed by atoms with Crippen molar-refractivity contribution >= 4 is 11.8 Å². The standard InChI is InChI=1S/C15H21N3O3/c16-9-13-10-18(6-7-21-13)11-15(20)17-14(19)8-12-4-2-1-3-5-12/h1-5,13H,6-11,16H2,(H,17,19,20). The molecular weight excluding hydrogens is 270 g/mol. The molecule has 1 aliphatic rings. The van der Waals surface area contributed by atoms with Crippen LogP contribution in [0, 0.1) is 0 Å². The van der Waals surface area contributed by atoms with Gasteiger partial charge in [0.25, 0.3) is 0 Å². The number of carbonyl (C=O) groups excluding carboxylic acids is 2. The lowest BCUT2D eigenvalue weighted by molar-refractivity contribution is -0.131. The van der Waals surface area contributed by atoms with Crippen molar-refractivity contribution in [2.75, 3.05) is 32.8 Å². The molecule has 1 saturated heterocycles. The molecule has 3 N–H and O–H groups in total. The second-order valence-electron chi connectivity index (χ2n) is 5.10. The van der Waals surface area contributed by atoms with E-state index in [9.17, 15) is 9.59 Å². The highest BCUT2D eigenvalue weighted by molar-refractivity contribution is 5.96. The summed E-state index contributed by atoms with van der Waals surface area (Å²) in [7, 11) is 0. The third kappa shape index (κ3) is 5.26. The molecule has 1 fully saturated rings. The molecule has 21 heavy (non-hydrogen) atoms. The number of ether oxygens (including phenoxy) is 1. The van der Waals surface area contributed by atoms with Crippen molar-refractivity contribution in [1.82, 2.24) is 10.2 Å². The summed E-state index contributed by atoms with van der Waals surface area (Å²) in [5.41, 5.74) is 6.44. The van der Waals surface area contributed by atoms with E-state index in [2.05, 4.69) is 5.32 Å². The van der Waals surface area contributed by atoms with Gasteiger partial charge in [-0.1, -0.05) is 30.3 Å². The molecule has 0 aromatic heterocycles. The Hall–Kier alpha value is -1.76. The average Bonchev–Trinajstić information content (AvgIpc) is 2.48. The van der Waals surface area contributed by atoms with Crippen LogP contribution in [0.25, 0.3) is 0 Å². The predicted molar refractivity (Wildman–Crippen MR) is 78.5 cm³/mol. The monoisotopic (exact) mass is 291 g/mol. The van der Waals surface area contributed by atoms with Gasteiger partial charge in [0.05, 0.1) is 25.7 Å². The van der Waals surface area contributed by atoms with Crippen LogP contribution in [-0.4, -0.2) is 55.6 Å². The zero-order valence-corrected chi connectivity index (χ0v) is 12.0. The normalized spacial score (nSPS) is 19.2. The number of nitrogens with zero attached hydrogens (tertiary/aromatic N) is 1. The highest BCUT2D eigenvalue weighted by Crippen LogP contribution is 2.03. The van der Waals surface area contributed by atoms with E-state index in [0.29, 0.717) is 26.2 Å². The fourth-order valence-electron chi connectivity index (χ4n) is 2.29. The minimum absolute atomic E-state index is 0.0356. The molecule has 0 spiro atoms. The van der Waals surface area contributed by atoms with Crippen LogP contribution >= 0.6 is 0 Å². The topological polar surface area (TPSA) is 84.7 Å². The Morgan fingerprint density at radius 3 is 2.76 bits per heavy atom. The fourth-order valence-corrected chi connectivity index (χ4v) is 2.29. The van der Waals surface area contributed by atoms with Crippen LogP contribution < -0.4 is 11.1 Å². The third-order valence-corrected chi connectivity index (χ3v) is 3.34. The summed E-state index contributed by atoms with van der Waals surface area (Å²) in [4.78, 5) is 25.6. The number of benzene rings is 1. The van der Waals surface area contributed by atoms with Gasteiger partial charge in [-0.3, -0.25) is 19.8 Å². The van der Waals surface area contributed by atoms with Crippen molar-refractivity contribution in [1.29, 1.82) is 0 Å². The number of imide groups is 1. The molecule has 1 atom stereocenters. The Morgan fingerprint density at radius 1 is 1.29 bits per heavy atom. The van der Waals surface area contributed by atoms with E-state index in [4.69, 9.17) is 10.5 Å². The van der Waals surface area contributed by atoms with Gasteiger partial charge >= 0.3 is 0 Å². The van der Waals surface area contributed by atoms with Gasteiger partial charge in [0.1, 0.15) is 0 Å². The van der Waals surface area contributed by atoms with Crippen LogP contribution in [0.4, 0.5) is 0 Å². The van der Waals surface area contributed by atoms with Crippen LogP contribution in [-0.2, 0) is 20.7 Å². The molecule has 2 rings (SSSR count). The number of nitrogens with two attached hydrogens (primary N) is 1. The molecule has 114 valence electrons. The predicted octanol–water partition coefficient (Wildman–Crippen LogP) is -0.469. The first-order valence-electron chi connectivity index (χ1n) is 7.08. The SMILES string of the molecule is NCC1CN(CC(=O)NC(=O)Cc2ccccc2)CCO1.